The van der Waals surface area contributed by atoms with Crippen LogP contribution in [0.15, 0.2) is 60.7 Å². The van der Waals surface area contributed by atoms with Crippen LogP contribution in [0.5, 0.6) is 17.2 Å². The number of para-hydroxylation sites is 1. The van der Waals surface area contributed by atoms with Gasteiger partial charge in [-0.25, -0.2) is 0 Å². The van der Waals surface area contributed by atoms with Crippen LogP contribution in [-0.4, -0.2) is 18.6 Å². The van der Waals surface area contributed by atoms with Gasteiger partial charge in [-0.2, -0.15) is 0 Å². The second-order valence-electron chi connectivity index (χ2n) is 5.96. The lowest BCUT2D eigenvalue weighted by Crippen LogP contribution is -2.10. The Morgan fingerprint density at radius 2 is 1.46 bits per heavy atom. The minimum absolute atomic E-state index is 0.0508. The van der Waals surface area contributed by atoms with Crippen molar-refractivity contribution < 1.29 is 14.6 Å². The third kappa shape index (κ3) is 5.15. The molecule has 7 heteroatoms. The fourth-order valence-corrected chi connectivity index (χ4v) is 2.88. The topological polar surface area (TPSA) is 62.8 Å². The lowest BCUT2D eigenvalue weighted by molar-refractivity contribution is 0.344. The van der Waals surface area contributed by atoms with Gasteiger partial charge in [0.15, 0.2) is 19.2 Å². The van der Waals surface area contributed by atoms with Crippen LogP contribution in [0.2, 0.25) is 10.0 Å². The van der Waals surface area contributed by atoms with Crippen molar-refractivity contribution in [2.75, 3.05) is 24.1 Å². The highest BCUT2D eigenvalue weighted by Crippen LogP contribution is 2.38. The fourth-order valence-electron chi connectivity index (χ4n) is 2.42. The SMILES string of the molecule is Cc1c(Cl)cc(NCOc2ccc(NCOc3ccccc3)cc2)c(O)c1Cl. The summed E-state index contributed by atoms with van der Waals surface area (Å²) in [6, 6.07) is 18.7. The number of nitrogens with one attached hydrogen (secondary N) is 2. The minimum Gasteiger partial charge on any atom is -0.504 e. The van der Waals surface area contributed by atoms with E-state index in [1.807, 2.05) is 54.6 Å². The molecule has 3 rings (SSSR count). The number of hydrogen-bond acceptors (Lipinski definition) is 5. The van der Waals surface area contributed by atoms with E-state index in [4.69, 9.17) is 32.7 Å². The molecule has 3 N–H and O–H groups in total. The van der Waals surface area contributed by atoms with Gasteiger partial charge in [-0.3, -0.25) is 0 Å². The zero-order valence-corrected chi connectivity index (χ0v) is 16.7. The minimum atomic E-state index is -0.0508. The predicted octanol–water partition coefficient (Wildman–Crippen LogP) is 5.90. The molecule has 0 saturated carbocycles. The summed E-state index contributed by atoms with van der Waals surface area (Å²) in [6.45, 7) is 2.25. The molecule has 0 radical (unpaired) electrons. The van der Waals surface area contributed by atoms with E-state index in [0.29, 0.717) is 28.8 Å². The summed E-state index contributed by atoms with van der Waals surface area (Å²) in [5.41, 5.74) is 1.95. The second-order valence-corrected chi connectivity index (χ2v) is 6.75. The lowest BCUT2D eigenvalue weighted by atomic mass is 10.2. The van der Waals surface area contributed by atoms with Crippen molar-refractivity contribution in [3.63, 3.8) is 0 Å². The van der Waals surface area contributed by atoms with Gasteiger partial charge in [0.25, 0.3) is 0 Å². The average molecular weight is 419 g/mol. The molecule has 3 aromatic rings. The molecule has 0 bridgehead atoms. The smallest absolute Gasteiger partial charge is 0.159 e. The van der Waals surface area contributed by atoms with Gasteiger partial charge in [-0.05, 0) is 55.0 Å². The Morgan fingerprint density at radius 3 is 2.14 bits per heavy atom. The van der Waals surface area contributed by atoms with Crippen LogP contribution in [0.3, 0.4) is 0 Å². The van der Waals surface area contributed by atoms with E-state index in [0.717, 1.165) is 11.4 Å². The van der Waals surface area contributed by atoms with E-state index in [1.54, 1.807) is 13.0 Å². The average Bonchev–Trinajstić information content (AvgIpc) is 2.72. The molecule has 146 valence electrons. The highest BCUT2D eigenvalue weighted by molar-refractivity contribution is 6.37. The van der Waals surface area contributed by atoms with E-state index in [1.165, 1.54) is 0 Å². The number of halogens is 2. The van der Waals surface area contributed by atoms with Crippen LogP contribution in [0.1, 0.15) is 5.56 Å². The molecule has 0 aromatic heterocycles. The number of hydrogen-bond donors (Lipinski definition) is 3. The third-order valence-corrected chi connectivity index (χ3v) is 4.89. The largest absolute Gasteiger partial charge is 0.504 e. The molecule has 0 fully saturated rings. The molecule has 5 nitrogen and oxygen atoms in total. The number of rotatable bonds is 8. The molecule has 0 unspecified atom stereocenters. The summed E-state index contributed by atoms with van der Waals surface area (Å²) in [4.78, 5) is 0. The molecular weight excluding hydrogens is 399 g/mol. The van der Waals surface area contributed by atoms with E-state index in [-0.39, 0.29) is 17.5 Å². The summed E-state index contributed by atoms with van der Waals surface area (Å²) >= 11 is 12.1. The lowest BCUT2D eigenvalue weighted by Gasteiger charge is -2.14. The number of aromatic hydroxyl groups is 1. The Kier molecular flexibility index (Phi) is 6.74. The maximum Gasteiger partial charge on any atom is 0.159 e. The first kappa shape index (κ1) is 20.0. The van der Waals surface area contributed by atoms with Crippen LogP contribution >= 0.6 is 23.2 Å². The first-order chi connectivity index (χ1) is 13.5. The summed E-state index contributed by atoms with van der Waals surface area (Å²) in [5.74, 6) is 1.43. The highest BCUT2D eigenvalue weighted by Gasteiger charge is 2.12. The highest BCUT2D eigenvalue weighted by atomic mass is 35.5. The van der Waals surface area contributed by atoms with Crippen molar-refractivity contribution in [1.82, 2.24) is 0 Å². The molecule has 3 aromatic carbocycles. The van der Waals surface area contributed by atoms with Gasteiger partial charge in [-0.1, -0.05) is 41.4 Å². The number of anilines is 2. The van der Waals surface area contributed by atoms with Crippen molar-refractivity contribution in [3.8, 4) is 17.2 Å². The van der Waals surface area contributed by atoms with Crippen molar-refractivity contribution in [1.29, 1.82) is 0 Å². The monoisotopic (exact) mass is 418 g/mol. The molecule has 0 aliphatic rings. The van der Waals surface area contributed by atoms with Crippen molar-refractivity contribution in [2.24, 2.45) is 0 Å². The van der Waals surface area contributed by atoms with Gasteiger partial charge in [0.05, 0.1) is 10.7 Å². The molecule has 0 amide bonds. The Labute approximate surface area is 173 Å². The molecule has 0 spiro atoms. The van der Waals surface area contributed by atoms with Crippen molar-refractivity contribution in [3.05, 3.63) is 76.3 Å². The van der Waals surface area contributed by atoms with E-state index >= 15 is 0 Å². The molecule has 0 heterocycles. The second kappa shape index (κ2) is 9.44. The van der Waals surface area contributed by atoms with Gasteiger partial charge in [-0.15, -0.1) is 0 Å². The van der Waals surface area contributed by atoms with E-state index in [9.17, 15) is 5.11 Å². The molecule has 0 atom stereocenters. The van der Waals surface area contributed by atoms with Gasteiger partial charge in [0.2, 0.25) is 0 Å². The van der Waals surface area contributed by atoms with Gasteiger partial charge < -0.3 is 25.2 Å². The summed E-state index contributed by atoms with van der Waals surface area (Å²) < 4.78 is 11.2. The molecule has 0 aliphatic heterocycles. The quantitative estimate of drug-likeness (QED) is 0.313. The van der Waals surface area contributed by atoms with Gasteiger partial charge in [0, 0.05) is 10.7 Å². The predicted molar refractivity (Wildman–Crippen MR) is 114 cm³/mol. The zero-order valence-electron chi connectivity index (χ0n) is 15.2. The maximum absolute atomic E-state index is 10.1. The van der Waals surface area contributed by atoms with E-state index in [2.05, 4.69) is 10.6 Å². The Bertz CT molecular complexity index is 919. The van der Waals surface area contributed by atoms with Crippen LogP contribution < -0.4 is 20.1 Å². The zero-order chi connectivity index (χ0) is 19.9. The summed E-state index contributed by atoms with van der Waals surface area (Å²) in [6.07, 6.45) is 0. The van der Waals surface area contributed by atoms with Gasteiger partial charge >= 0.3 is 0 Å². The molecule has 0 aliphatic carbocycles. The maximum atomic E-state index is 10.1. The standard InChI is InChI=1S/C21H20Cl2N2O3/c1-14-18(22)11-19(21(26)20(14)23)25-13-28-17-9-7-15(8-10-17)24-12-27-16-5-3-2-4-6-16/h2-11,24-26H,12-13H2,1H3. The number of phenolic OH excluding ortho intramolecular Hbond substituents is 1. The summed E-state index contributed by atoms with van der Waals surface area (Å²) in [5, 5.41) is 16.9. The Morgan fingerprint density at radius 1 is 0.857 bits per heavy atom. The first-order valence-corrected chi connectivity index (χ1v) is 9.36. The van der Waals surface area contributed by atoms with Crippen LogP contribution in [0, 0.1) is 6.92 Å². The van der Waals surface area contributed by atoms with Crippen molar-refractivity contribution in [2.45, 2.75) is 6.92 Å². The summed E-state index contributed by atoms with van der Waals surface area (Å²) in [7, 11) is 0. The first-order valence-electron chi connectivity index (χ1n) is 8.60. The molecular formula is C21H20Cl2N2O3. The van der Waals surface area contributed by atoms with Gasteiger partial charge in [0.1, 0.15) is 11.5 Å². The van der Waals surface area contributed by atoms with Crippen LogP contribution in [0.25, 0.3) is 0 Å². The normalized spacial score (nSPS) is 10.4. The number of ether oxygens (including phenoxy) is 2. The van der Waals surface area contributed by atoms with E-state index < -0.39 is 0 Å². The van der Waals surface area contributed by atoms with Crippen LogP contribution in [-0.2, 0) is 0 Å². The Hall–Kier alpha value is -2.76. The van der Waals surface area contributed by atoms with Crippen LogP contribution in [0.4, 0.5) is 11.4 Å². The number of phenols is 1. The molecule has 0 saturated heterocycles. The fraction of sp³-hybridized carbons (Fsp3) is 0.143. The Balaban J connectivity index is 1.47. The molecule has 28 heavy (non-hydrogen) atoms. The third-order valence-electron chi connectivity index (χ3n) is 4.04. The van der Waals surface area contributed by atoms with Crippen molar-refractivity contribution >= 4 is 34.6 Å². The number of benzene rings is 3.